The van der Waals surface area contributed by atoms with Crippen molar-refractivity contribution in [3.8, 4) is 0 Å². The van der Waals surface area contributed by atoms with Crippen LogP contribution >= 0.6 is 0 Å². The minimum absolute atomic E-state index is 0.0853. The van der Waals surface area contributed by atoms with E-state index >= 15 is 0 Å². The maximum atomic E-state index is 11.9. The fourth-order valence-corrected chi connectivity index (χ4v) is 2.32. The smallest absolute Gasteiger partial charge is 0.267 e. The second-order valence-corrected chi connectivity index (χ2v) is 6.35. The fraction of sp³-hybridized carbons (Fsp3) is 0.714. The van der Waals surface area contributed by atoms with Crippen LogP contribution in [0.15, 0.2) is 16.9 Å². The molecule has 3 N–H and O–H groups in total. The van der Waals surface area contributed by atoms with Gasteiger partial charge in [-0.25, -0.2) is 0 Å². The Hall–Kier alpha value is -1.36. The highest BCUT2D eigenvalue weighted by atomic mass is 16.2. The summed E-state index contributed by atoms with van der Waals surface area (Å²) in [5, 5.41) is 9.59. The lowest BCUT2D eigenvalue weighted by molar-refractivity contribution is -0.116. The molecule has 106 valence electrons. The molecular formula is C14H24N4O. The Morgan fingerprint density at radius 3 is 2.84 bits per heavy atom. The molecule has 1 atom stereocenters. The first kappa shape index (κ1) is 14.1. The first-order valence-corrected chi connectivity index (χ1v) is 6.97. The molecule has 1 unspecified atom stereocenters. The number of aliphatic imine (C=N–C) groups is 1. The number of nitrogens with zero attached hydrogens (tertiary/aromatic N) is 1. The van der Waals surface area contributed by atoms with Gasteiger partial charge < -0.3 is 16.0 Å². The van der Waals surface area contributed by atoms with Gasteiger partial charge in [-0.15, -0.1) is 0 Å². The van der Waals surface area contributed by atoms with E-state index in [-0.39, 0.29) is 11.4 Å². The Morgan fingerprint density at radius 2 is 2.32 bits per heavy atom. The molecule has 1 saturated heterocycles. The molecule has 5 heteroatoms. The van der Waals surface area contributed by atoms with Crippen molar-refractivity contribution in [3.05, 3.63) is 11.9 Å². The molecule has 0 saturated carbocycles. The Labute approximate surface area is 114 Å². The zero-order chi connectivity index (χ0) is 13.9. The second kappa shape index (κ2) is 5.74. The van der Waals surface area contributed by atoms with Gasteiger partial charge in [0.15, 0.2) is 0 Å². The summed E-state index contributed by atoms with van der Waals surface area (Å²) < 4.78 is 0. The molecule has 2 heterocycles. The van der Waals surface area contributed by atoms with Crippen molar-refractivity contribution in [1.29, 1.82) is 0 Å². The number of hydrogen-bond donors (Lipinski definition) is 3. The van der Waals surface area contributed by atoms with Crippen molar-refractivity contribution in [1.82, 2.24) is 16.0 Å². The Kier molecular flexibility index (Phi) is 4.24. The van der Waals surface area contributed by atoms with Crippen LogP contribution < -0.4 is 16.0 Å². The maximum absolute atomic E-state index is 11.9. The van der Waals surface area contributed by atoms with Gasteiger partial charge in [0.25, 0.3) is 5.91 Å². The van der Waals surface area contributed by atoms with E-state index in [0.717, 1.165) is 25.2 Å². The summed E-state index contributed by atoms with van der Waals surface area (Å²) in [6, 6.07) is 0. The minimum Gasteiger partial charge on any atom is -0.381 e. The summed E-state index contributed by atoms with van der Waals surface area (Å²) in [7, 11) is 0. The van der Waals surface area contributed by atoms with Crippen LogP contribution in [0.4, 0.5) is 0 Å². The van der Waals surface area contributed by atoms with Crippen LogP contribution in [0.3, 0.4) is 0 Å². The second-order valence-electron chi connectivity index (χ2n) is 6.35. The number of nitrogens with one attached hydrogen (secondary N) is 3. The van der Waals surface area contributed by atoms with Crippen LogP contribution in [0, 0.1) is 5.92 Å². The maximum Gasteiger partial charge on any atom is 0.267 e. The lowest BCUT2D eigenvalue weighted by Crippen LogP contribution is -2.47. The number of carbonyl (C=O) groups excluding carboxylic acids is 1. The van der Waals surface area contributed by atoms with Crippen molar-refractivity contribution in [3.63, 3.8) is 0 Å². The highest BCUT2D eigenvalue weighted by Crippen LogP contribution is 2.17. The predicted octanol–water partition coefficient (Wildman–Crippen LogP) is 0.786. The molecule has 5 nitrogen and oxygen atoms in total. The average molecular weight is 264 g/mol. The van der Waals surface area contributed by atoms with E-state index in [4.69, 9.17) is 0 Å². The molecule has 1 amide bonds. The van der Waals surface area contributed by atoms with Crippen LogP contribution in [0.25, 0.3) is 0 Å². The summed E-state index contributed by atoms with van der Waals surface area (Å²) in [5.41, 5.74) is 1.48. The molecule has 0 bridgehead atoms. The Bertz CT molecular complexity index is 400. The van der Waals surface area contributed by atoms with Crippen LogP contribution in [-0.2, 0) is 4.79 Å². The quantitative estimate of drug-likeness (QED) is 0.706. The normalized spacial score (nSPS) is 23.4. The lowest BCUT2D eigenvalue weighted by Gasteiger charge is -2.23. The van der Waals surface area contributed by atoms with Gasteiger partial charge in [0, 0.05) is 17.4 Å². The number of rotatable bonds is 3. The third-order valence-corrected chi connectivity index (χ3v) is 3.28. The van der Waals surface area contributed by atoms with Crippen LogP contribution in [0.5, 0.6) is 0 Å². The van der Waals surface area contributed by atoms with Gasteiger partial charge in [0.1, 0.15) is 5.71 Å². The van der Waals surface area contributed by atoms with Crippen LogP contribution in [0.1, 0.15) is 33.6 Å². The molecule has 0 radical (unpaired) electrons. The third kappa shape index (κ3) is 4.35. The predicted molar refractivity (Wildman–Crippen MR) is 77.0 cm³/mol. The van der Waals surface area contributed by atoms with Gasteiger partial charge in [0.2, 0.25) is 0 Å². The number of carbonyl (C=O) groups is 1. The molecule has 19 heavy (non-hydrogen) atoms. The zero-order valence-corrected chi connectivity index (χ0v) is 12.0. The lowest BCUT2D eigenvalue weighted by atomic mass is 10.0. The average Bonchev–Trinajstić information content (AvgIpc) is 2.80. The monoisotopic (exact) mass is 264 g/mol. The molecule has 0 aromatic carbocycles. The van der Waals surface area contributed by atoms with Crippen molar-refractivity contribution in [2.24, 2.45) is 10.9 Å². The van der Waals surface area contributed by atoms with E-state index < -0.39 is 0 Å². The fourth-order valence-electron chi connectivity index (χ4n) is 2.32. The minimum atomic E-state index is -0.223. The van der Waals surface area contributed by atoms with Gasteiger partial charge in [-0.1, -0.05) is 0 Å². The van der Waals surface area contributed by atoms with E-state index in [1.165, 1.54) is 6.42 Å². The van der Waals surface area contributed by atoms with Gasteiger partial charge in [0.05, 0.1) is 6.54 Å². The van der Waals surface area contributed by atoms with Crippen molar-refractivity contribution >= 4 is 11.6 Å². The largest absolute Gasteiger partial charge is 0.381 e. The van der Waals surface area contributed by atoms with Crippen LogP contribution in [-0.4, -0.2) is 36.8 Å². The van der Waals surface area contributed by atoms with Crippen LogP contribution in [0.2, 0.25) is 0 Å². The molecule has 0 aliphatic carbocycles. The summed E-state index contributed by atoms with van der Waals surface area (Å²) in [6.45, 7) is 8.62. The first-order valence-electron chi connectivity index (χ1n) is 6.97. The number of hydrogen-bond acceptors (Lipinski definition) is 4. The SMILES string of the molecule is CC(C)(C)NC(=O)C1=NC=C(CC2CCNC2)NC1. The zero-order valence-electron chi connectivity index (χ0n) is 12.0. The molecule has 2 rings (SSSR count). The van der Waals surface area contributed by atoms with Crippen molar-refractivity contribution in [2.45, 2.75) is 39.2 Å². The van der Waals surface area contributed by atoms with Gasteiger partial charge >= 0.3 is 0 Å². The van der Waals surface area contributed by atoms with E-state index in [0.29, 0.717) is 18.2 Å². The summed E-state index contributed by atoms with van der Waals surface area (Å²) >= 11 is 0. The van der Waals surface area contributed by atoms with Gasteiger partial charge in [-0.2, -0.15) is 0 Å². The molecule has 0 spiro atoms. The van der Waals surface area contributed by atoms with Gasteiger partial charge in [-0.05, 0) is 52.6 Å². The van der Waals surface area contributed by atoms with E-state index in [1.54, 1.807) is 6.20 Å². The Morgan fingerprint density at radius 1 is 1.53 bits per heavy atom. The molecule has 2 aliphatic heterocycles. The molecular weight excluding hydrogens is 240 g/mol. The standard InChI is InChI=1S/C14H24N4O/c1-14(2,3)18-13(19)12-9-16-11(8-17-12)6-10-4-5-15-7-10/h8,10,15-16H,4-7,9H2,1-3H3,(H,18,19). The number of allylic oxidation sites excluding steroid dienone is 1. The summed E-state index contributed by atoms with van der Waals surface area (Å²) in [5.74, 6) is 0.608. The van der Waals surface area contributed by atoms with Gasteiger partial charge in [-0.3, -0.25) is 9.79 Å². The molecule has 1 fully saturated rings. The Balaban J connectivity index is 1.90. The third-order valence-electron chi connectivity index (χ3n) is 3.28. The molecule has 0 aromatic heterocycles. The molecule has 0 aromatic rings. The highest BCUT2D eigenvalue weighted by Gasteiger charge is 2.21. The topological polar surface area (TPSA) is 65.5 Å². The van der Waals surface area contributed by atoms with Crippen molar-refractivity contribution in [2.75, 3.05) is 19.6 Å². The highest BCUT2D eigenvalue weighted by molar-refractivity contribution is 6.40. The summed E-state index contributed by atoms with van der Waals surface area (Å²) in [4.78, 5) is 16.2. The van der Waals surface area contributed by atoms with E-state index in [9.17, 15) is 4.79 Å². The first-order chi connectivity index (χ1) is 8.94. The number of amides is 1. The van der Waals surface area contributed by atoms with E-state index in [1.807, 2.05) is 20.8 Å². The molecule has 2 aliphatic rings. The van der Waals surface area contributed by atoms with E-state index in [2.05, 4.69) is 20.9 Å². The summed E-state index contributed by atoms with van der Waals surface area (Å²) in [6.07, 6.45) is 4.05. The van der Waals surface area contributed by atoms with Crippen molar-refractivity contribution < 1.29 is 4.79 Å².